The van der Waals surface area contributed by atoms with Crippen LogP contribution in [0.2, 0.25) is 0 Å². The van der Waals surface area contributed by atoms with Crippen LogP contribution in [-0.2, 0) is 9.59 Å². The van der Waals surface area contributed by atoms with Gasteiger partial charge in [-0.15, -0.1) is 0 Å². The molecule has 4 nitrogen and oxygen atoms in total. The van der Waals surface area contributed by atoms with Crippen LogP contribution in [-0.4, -0.2) is 34.8 Å². The predicted octanol–water partition coefficient (Wildman–Crippen LogP) is 1.47. The number of alkyl halides is 3. The molecule has 0 unspecified atom stereocenters. The zero-order chi connectivity index (χ0) is 13.0. The van der Waals surface area contributed by atoms with Crippen LogP contribution >= 0.6 is 11.8 Å². The summed E-state index contributed by atoms with van der Waals surface area (Å²) in [6.45, 7) is 2.14. The van der Waals surface area contributed by atoms with Gasteiger partial charge < -0.3 is 10.4 Å². The lowest BCUT2D eigenvalue weighted by Gasteiger charge is -2.18. The number of rotatable bonds is 5. The Labute approximate surface area is 94.6 Å². The summed E-state index contributed by atoms with van der Waals surface area (Å²) in [5.74, 6) is -2.47. The van der Waals surface area contributed by atoms with Crippen molar-refractivity contribution < 1.29 is 27.9 Å². The molecule has 0 aliphatic carbocycles. The minimum Gasteiger partial charge on any atom is -0.480 e. The van der Waals surface area contributed by atoms with E-state index in [4.69, 9.17) is 5.11 Å². The van der Waals surface area contributed by atoms with Crippen molar-refractivity contribution in [1.29, 1.82) is 0 Å². The van der Waals surface area contributed by atoms with Gasteiger partial charge in [0.2, 0.25) is 5.91 Å². The monoisotopic (exact) mass is 259 g/mol. The van der Waals surface area contributed by atoms with Crippen LogP contribution in [0.5, 0.6) is 0 Å². The average molecular weight is 259 g/mol. The van der Waals surface area contributed by atoms with Crippen LogP contribution in [0.15, 0.2) is 0 Å². The quantitative estimate of drug-likeness (QED) is 0.579. The van der Waals surface area contributed by atoms with Crippen LogP contribution < -0.4 is 5.32 Å². The van der Waals surface area contributed by atoms with E-state index in [-0.39, 0.29) is 24.1 Å². The number of thioether (sulfide) groups is 1. The summed E-state index contributed by atoms with van der Waals surface area (Å²) in [4.78, 5) is 21.9. The Balaban J connectivity index is 3.96. The van der Waals surface area contributed by atoms with Gasteiger partial charge in [0.1, 0.15) is 5.41 Å². The summed E-state index contributed by atoms with van der Waals surface area (Å²) < 4.78 is 35.1. The molecule has 16 heavy (non-hydrogen) atoms. The first-order valence-electron chi connectivity index (χ1n) is 4.30. The van der Waals surface area contributed by atoms with Gasteiger partial charge in [-0.3, -0.25) is 9.59 Å². The summed E-state index contributed by atoms with van der Waals surface area (Å²) >= 11 is -0.268. The van der Waals surface area contributed by atoms with Crippen molar-refractivity contribution in [2.45, 2.75) is 19.4 Å². The molecule has 0 radical (unpaired) electrons. The topological polar surface area (TPSA) is 66.4 Å². The molecule has 1 amide bonds. The Morgan fingerprint density at radius 1 is 1.31 bits per heavy atom. The number of carbonyl (C=O) groups is 2. The number of halogens is 3. The summed E-state index contributed by atoms with van der Waals surface area (Å²) in [6.07, 6.45) is 0. The van der Waals surface area contributed by atoms with Gasteiger partial charge in [0.25, 0.3) is 0 Å². The molecule has 0 aromatic carbocycles. The van der Waals surface area contributed by atoms with Gasteiger partial charge in [-0.25, -0.2) is 0 Å². The number of nitrogens with one attached hydrogen (secondary N) is 1. The van der Waals surface area contributed by atoms with Gasteiger partial charge in [0.15, 0.2) is 0 Å². The SMILES string of the molecule is CC(C)(C(=O)O)C(=O)NCCSC(F)(F)F. The molecule has 0 aliphatic rings. The first-order valence-corrected chi connectivity index (χ1v) is 5.28. The minimum atomic E-state index is -4.34. The summed E-state index contributed by atoms with van der Waals surface area (Å²) in [5.41, 5.74) is -5.98. The number of carboxylic acid groups (broad SMARTS) is 1. The van der Waals surface area contributed by atoms with Crippen molar-refractivity contribution in [3.63, 3.8) is 0 Å². The van der Waals surface area contributed by atoms with Crippen LogP contribution in [0.3, 0.4) is 0 Å². The molecule has 0 bridgehead atoms. The number of hydrogen-bond donors (Lipinski definition) is 2. The molecule has 0 fully saturated rings. The molecule has 0 saturated heterocycles. The number of amides is 1. The fourth-order valence-electron chi connectivity index (χ4n) is 0.649. The highest BCUT2D eigenvalue weighted by Gasteiger charge is 2.36. The third kappa shape index (κ3) is 5.24. The Morgan fingerprint density at radius 3 is 2.19 bits per heavy atom. The first kappa shape index (κ1) is 15.1. The predicted molar refractivity (Wildman–Crippen MR) is 52.9 cm³/mol. The number of aliphatic carboxylic acids is 1. The zero-order valence-electron chi connectivity index (χ0n) is 8.72. The molecule has 0 saturated carbocycles. The molecular formula is C8H12F3NO3S. The molecule has 2 N–H and O–H groups in total. The normalized spacial score (nSPS) is 12.3. The van der Waals surface area contributed by atoms with E-state index in [1.165, 1.54) is 13.8 Å². The maximum absolute atomic E-state index is 11.7. The number of carboxylic acids is 1. The lowest BCUT2D eigenvalue weighted by molar-refractivity contribution is -0.153. The van der Waals surface area contributed by atoms with Crippen LogP contribution in [0.1, 0.15) is 13.8 Å². The van der Waals surface area contributed by atoms with Gasteiger partial charge in [-0.05, 0) is 25.6 Å². The fraction of sp³-hybridized carbons (Fsp3) is 0.750. The van der Waals surface area contributed by atoms with Gasteiger partial charge in [0.05, 0.1) is 0 Å². The van der Waals surface area contributed by atoms with Crippen LogP contribution in [0.25, 0.3) is 0 Å². The van der Waals surface area contributed by atoms with Crippen LogP contribution in [0.4, 0.5) is 13.2 Å². The van der Waals surface area contributed by atoms with E-state index in [1.807, 2.05) is 0 Å². The molecule has 0 rings (SSSR count). The van der Waals surface area contributed by atoms with Crippen molar-refractivity contribution in [1.82, 2.24) is 5.32 Å². The highest BCUT2D eigenvalue weighted by Crippen LogP contribution is 2.29. The second kappa shape index (κ2) is 5.42. The Kier molecular flexibility index (Phi) is 5.11. The van der Waals surface area contributed by atoms with E-state index in [9.17, 15) is 22.8 Å². The lowest BCUT2D eigenvalue weighted by Crippen LogP contribution is -2.43. The molecule has 0 aromatic heterocycles. The Morgan fingerprint density at radius 2 is 1.81 bits per heavy atom. The number of hydrogen-bond acceptors (Lipinski definition) is 3. The van der Waals surface area contributed by atoms with E-state index < -0.39 is 22.8 Å². The van der Waals surface area contributed by atoms with E-state index in [2.05, 4.69) is 5.32 Å². The zero-order valence-corrected chi connectivity index (χ0v) is 9.54. The van der Waals surface area contributed by atoms with Gasteiger partial charge in [0, 0.05) is 12.3 Å². The maximum atomic E-state index is 11.7. The van der Waals surface area contributed by atoms with Crippen molar-refractivity contribution in [2.75, 3.05) is 12.3 Å². The highest BCUT2D eigenvalue weighted by atomic mass is 32.2. The summed E-state index contributed by atoms with van der Waals surface area (Å²) in [7, 11) is 0. The molecule has 0 aromatic rings. The van der Waals surface area contributed by atoms with Crippen molar-refractivity contribution >= 4 is 23.6 Å². The van der Waals surface area contributed by atoms with Crippen molar-refractivity contribution in [3.05, 3.63) is 0 Å². The standard InChI is InChI=1S/C8H12F3NO3S/c1-7(2,6(14)15)5(13)12-3-4-16-8(9,10)11/h3-4H2,1-2H3,(H,12,13)(H,14,15). The highest BCUT2D eigenvalue weighted by molar-refractivity contribution is 8.00. The van der Waals surface area contributed by atoms with Gasteiger partial charge in [-0.2, -0.15) is 13.2 Å². The molecule has 0 atom stereocenters. The minimum absolute atomic E-state index is 0.222. The van der Waals surface area contributed by atoms with E-state index >= 15 is 0 Å². The third-order valence-corrected chi connectivity index (χ3v) is 2.49. The van der Waals surface area contributed by atoms with E-state index in [0.717, 1.165) is 0 Å². The molecule has 8 heteroatoms. The van der Waals surface area contributed by atoms with E-state index in [1.54, 1.807) is 0 Å². The molecule has 94 valence electrons. The van der Waals surface area contributed by atoms with Crippen molar-refractivity contribution in [2.24, 2.45) is 5.41 Å². The Bertz CT molecular complexity index is 278. The molecule has 0 heterocycles. The molecule has 0 aliphatic heterocycles. The summed E-state index contributed by atoms with van der Waals surface area (Å²) in [6, 6.07) is 0. The lowest BCUT2D eigenvalue weighted by atomic mass is 9.93. The second-order valence-electron chi connectivity index (χ2n) is 3.48. The fourth-order valence-corrected chi connectivity index (χ4v) is 1.08. The smallest absolute Gasteiger partial charge is 0.441 e. The van der Waals surface area contributed by atoms with Crippen LogP contribution in [0, 0.1) is 5.41 Å². The molecule has 0 spiro atoms. The Hall–Kier alpha value is -0.920. The van der Waals surface area contributed by atoms with Gasteiger partial charge in [-0.1, -0.05) is 0 Å². The average Bonchev–Trinajstić information content (AvgIpc) is 2.10. The maximum Gasteiger partial charge on any atom is 0.441 e. The first-order chi connectivity index (χ1) is 7.07. The third-order valence-electron chi connectivity index (χ3n) is 1.76. The largest absolute Gasteiger partial charge is 0.480 e. The molecular weight excluding hydrogens is 247 g/mol. The summed E-state index contributed by atoms with van der Waals surface area (Å²) in [5, 5.41) is 10.8. The number of carbonyl (C=O) groups excluding carboxylic acids is 1. The second-order valence-corrected chi connectivity index (χ2v) is 4.64. The van der Waals surface area contributed by atoms with Gasteiger partial charge >= 0.3 is 11.5 Å². The van der Waals surface area contributed by atoms with Crippen molar-refractivity contribution in [3.8, 4) is 0 Å². The van der Waals surface area contributed by atoms with E-state index in [0.29, 0.717) is 0 Å².